The standard InChI is InChI=1S/C56H105FO16/c1-11-20-29-59-38-42-45(62-32-23-14-4)48(65-35-26-17-7)51(54(57)69-42)72-56-53(50(67-37-28-19-9)47(64-34-25-16-6)44(71-56)40-61-31-22-13-3)73-55-52(68-41(10)58)49(66-36-27-18-8)46(63-33-24-15-5)43(70-55)39-60-30-21-12-2/h42-56H,11-40H2,1-10H3/t42?,43?,44?,45-,46-,47-,48?,49?,50?,51-,52-,53-,54+,55-,56-/m1/s1. The van der Waals surface area contributed by atoms with Crippen LogP contribution in [0.4, 0.5) is 4.39 Å². The van der Waals surface area contributed by atoms with Crippen LogP contribution in [0.1, 0.15) is 185 Å². The summed E-state index contributed by atoms with van der Waals surface area (Å²) in [6.07, 6.45) is 0.0631. The Bertz CT molecular complexity index is 1320. The van der Waals surface area contributed by atoms with Crippen LogP contribution in [0.2, 0.25) is 0 Å². The smallest absolute Gasteiger partial charge is 0.303 e. The third-order valence-corrected chi connectivity index (χ3v) is 13.3. The molecular formula is C56H105FO16. The van der Waals surface area contributed by atoms with E-state index >= 15 is 4.39 Å². The molecule has 0 aromatic heterocycles. The third-order valence-electron chi connectivity index (χ3n) is 13.3. The van der Waals surface area contributed by atoms with Gasteiger partial charge in [0, 0.05) is 66.4 Å². The van der Waals surface area contributed by atoms with Gasteiger partial charge in [-0.1, -0.05) is 120 Å². The van der Waals surface area contributed by atoms with Gasteiger partial charge in [-0.25, -0.2) is 4.39 Å². The molecule has 0 spiro atoms. The third kappa shape index (κ3) is 23.8. The van der Waals surface area contributed by atoms with E-state index in [1.165, 1.54) is 6.92 Å². The van der Waals surface area contributed by atoms with Gasteiger partial charge in [0.25, 0.3) is 0 Å². The fourth-order valence-corrected chi connectivity index (χ4v) is 8.85. The minimum Gasteiger partial charge on any atom is -0.454 e. The van der Waals surface area contributed by atoms with Crippen LogP contribution in [-0.4, -0.2) is 177 Å². The van der Waals surface area contributed by atoms with Crippen molar-refractivity contribution in [1.29, 1.82) is 0 Å². The van der Waals surface area contributed by atoms with Gasteiger partial charge in [0.2, 0.25) is 6.36 Å². The Morgan fingerprint density at radius 3 is 0.973 bits per heavy atom. The Balaban J connectivity index is 2.29. The van der Waals surface area contributed by atoms with Crippen LogP contribution in [0.25, 0.3) is 0 Å². The van der Waals surface area contributed by atoms with Crippen molar-refractivity contribution in [1.82, 2.24) is 0 Å². The van der Waals surface area contributed by atoms with Gasteiger partial charge in [-0.15, -0.1) is 0 Å². The van der Waals surface area contributed by atoms with E-state index in [-0.39, 0.29) is 19.8 Å². The van der Waals surface area contributed by atoms with Crippen LogP contribution in [0.5, 0.6) is 0 Å². The highest BCUT2D eigenvalue weighted by Crippen LogP contribution is 2.39. The molecule has 0 aromatic rings. The summed E-state index contributed by atoms with van der Waals surface area (Å²) in [5.41, 5.74) is 0. The molecule has 3 aliphatic heterocycles. The van der Waals surface area contributed by atoms with Crippen molar-refractivity contribution in [2.24, 2.45) is 0 Å². The van der Waals surface area contributed by atoms with Crippen LogP contribution in [-0.2, 0) is 75.8 Å². The summed E-state index contributed by atoms with van der Waals surface area (Å²) in [4.78, 5) is 13.2. The highest BCUT2D eigenvalue weighted by molar-refractivity contribution is 5.66. The van der Waals surface area contributed by atoms with Crippen LogP contribution < -0.4 is 0 Å². The Kier molecular flexibility index (Phi) is 37.1. The molecule has 0 radical (unpaired) electrons. The van der Waals surface area contributed by atoms with Crippen molar-refractivity contribution < 1.29 is 80.2 Å². The Morgan fingerprint density at radius 2 is 0.630 bits per heavy atom. The summed E-state index contributed by atoms with van der Waals surface area (Å²) in [6.45, 7) is 24.5. The fourth-order valence-electron chi connectivity index (χ4n) is 8.85. The van der Waals surface area contributed by atoms with Crippen molar-refractivity contribution in [2.75, 3.05) is 79.3 Å². The molecule has 16 nitrogen and oxygen atoms in total. The number of carbonyl (C=O) groups is 1. The van der Waals surface area contributed by atoms with Gasteiger partial charge in [0.05, 0.1) is 19.8 Å². The molecule has 0 saturated carbocycles. The van der Waals surface area contributed by atoms with Crippen LogP contribution >= 0.6 is 0 Å². The maximum Gasteiger partial charge on any atom is 0.303 e. The zero-order valence-electron chi connectivity index (χ0n) is 47.3. The summed E-state index contributed by atoms with van der Waals surface area (Å²) in [5, 5.41) is 0. The minimum absolute atomic E-state index is 0.120. The average Bonchev–Trinajstić information content (AvgIpc) is 3.37. The summed E-state index contributed by atoms with van der Waals surface area (Å²) >= 11 is 0. The Labute approximate surface area is 441 Å². The first-order chi connectivity index (χ1) is 35.7. The molecule has 6 unspecified atom stereocenters. The van der Waals surface area contributed by atoms with Crippen molar-refractivity contribution in [3.05, 3.63) is 0 Å². The molecule has 73 heavy (non-hydrogen) atoms. The van der Waals surface area contributed by atoms with Gasteiger partial charge in [-0.2, -0.15) is 0 Å². The molecule has 3 saturated heterocycles. The van der Waals surface area contributed by atoms with E-state index in [2.05, 4.69) is 62.3 Å². The molecule has 3 fully saturated rings. The summed E-state index contributed by atoms with van der Waals surface area (Å²) in [5.74, 6) is -0.557. The van der Waals surface area contributed by atoms with E-state index in [1.54, 1.807) is 0 Å². The van der Waals surface area contributed by atoms with E-state index in [4.69, 9.17) is 71.1 Å². The molecule has 17 heteroatoms. The maximum atomic E-state index is 17.3. The van der Waals surface area contributed by atoms with E-state index in [0.29, 0.717) is 59.5 Å². The second-order valence-corrected chi connectivity index (χ2v) is 19.8. The normalized spacial score (nSPS) is 30.8. The number of unbranched alkanes of at least 4 members (excludes halogenated alkanes) is 9. The molecule has 0 amide bonds. The fraction of sp³-hybridized carbons (Fsp3) is 0.982. The van der Waals surface area contributed by atoms with Crippen molar-refractivity contribution in [3.63, 3.8) is 0 Å². The lowest BCUT2D eigenvalue weighted by Crippen LogP contribution is -2.68. The van der Waals surface area contributed by atoms with Crippen molar-refractivity contribution in [3.8, 4) is 0 Å². The van der Waals surface area contributed by atoms with Crippen molar-refractivity contribution >= 4 is 5.97 Å². The molecule has 15 atom stereocenters. The molecule has 3 heterocycles. The molecule has 0 aliphatic carbocycles. The van der Waals surface area contributed by atoms with Crippen molar-refractivity contribution in [2.45, 2.75) is 277 Å². The highest BCUT2D eigenvalue weighted by atomic mass is 19.1. The lowest BCUT2D eigenvalue weighted by Gasteiger charge is -2.51. The van der Waals surface area contributed by atoms with Gasteiger partial charge >= 0.3 is 5.97 Å². The first-order valence-corrected chi connectivity index (χ1v) is 29.2. The number of hydrogen-bond acceptors (Lipinski definition) is 16. The van der Waals surface area contributed by atoms with Gasteiger partial charge in [-0.05, 0) is 57.8 Å². The second kappa shape index (κ2) is 41.0. The molecular weight excluding hydrogens is 948 g/mol. The molecule has 3 aliphatic rings. The predicted octanol–water partition coefficient (Wildman–Crippen LogP) is 10.4. The number of esters is 1. The molecule has 0 bridgehead atoms. The number of halogens is 1. The zero-order valence-corrected chi connectivity index (χ0v) is 47.3. The number of hydrogen-bond donors (Lipinski definition) is 0. The number of carbonyl (C=O) groups excluding carboxylic acids is 1. The van der Waals surface area contributed by atoms with E-state index in [0.717, 1.165) is 116 Å². The first kappa shape index (κ1) is 66.1. The quantitative estimate of drug-likeness (QED) is 0.0419. The topological polar surface area (TPSA) is 156 Å². The Hall–Kier alpha value is -1.16. The molecule has 0 aromatic carbocycles. The number of rotatable bonds is 44. The van der Waals surface area contributed by atoms with E-state index < -0.39 is 98.2 Å². The van der Waals surface area contributed by atoms with Crippen LogP contribution in [0.3, 0.4) is 0 Å². The zero-order chi connectivity index (χ0) is 53.1. The summed E-state index contributed by atoms with van der Waals surface area (Å²) in [7, 11) is 0. The Morgan fingerprint density at radius 1 is 0.356 bits per heavy atom. The SMILES string of the molecule is CCCCOCC1O[C@H](O[C@@H]2C(OCCCC)[C@H](OCCCC)C(COCCCC)O[C@@H]2O[C@@H]2C(OCCCC)[C@H](OCCCC)C(COCCCC)O[C@@H]2F)[C@H](OC(C)=O)C(OCCCC)[C@@H]1OCCCC. The molecule has 3 rings (SSSR count). The maximum absolute atomic E-state index is 17.3. The minimum atomic E-state index is -1.99. The largest absolute Gasteiger partial charge is 0.454 e. The first-order valence-electron chi connectivity index (χ1n) is 29.2. The predicted molar refractivity (Wildman–Crippen MR) is 277 cm³/mol. The van der Waals surface area contributed by atoms with Gasteiger partial charge < -0.3 is 71.1 Å². The molecule has 0 N–H and O–H groups in total. The van der Waals surface area contributed by atoms with E-state index in [9.17, 15) is 4.79 Å². The number of ether oxygens (including phenoxy) is 15. The monoisotopic (exact) mass is 1050 g/mol. The van der Waals surface area contributed by atoms with Gasteiger partial charge in [0.1, 0.15) is 67.1 Å². The average molecular weight is 1050 g/mol. The van der Waals surface area contributed by atoms with Gasteiger partial charge in [-0.3, -0.25) is 4.79 Å². The summed E-state index contributed by atoms with van der Waals surface area (Å²) < 4.78 is 117. The van der Waals surface area contributed by atoms with Crippen LogP contribution in [0, 0.1) is 0 Å². The van der Waals surface area contributed by atoms with Crippen LogP contribution in [0.15, 0.2) is 0 Å². The lowest BCUT2D eigenvalue weighted by atomic mass is 9.95. The molecule has 432 valence electrons. The summed E-state index contributed by atoms with van der Waals surface area (Å²) in [6, 6.07) is 0. The van der Waals surface area contributed by atoms with E-state index in [1.807, 2.05) is 0 Å². The lowest BCUT2D eigenvalue weighted by molar-refractivity contribution is -0.396. The van der Waals surface area contributed by atoms with Gasteiger partial charge in [0.15, 0.2) is 18.7 Å². The second-order valence-electron chi connectivity index (χ2n) is 19.8. The highest BCUT2D eigenvalue weighted by Gasteiger charge is 2.57. The number of alkyl halides is 1.